The van der Waals surface area contributed by atoms with Crippen molar-refractivity contribution >= 4 is 10.0 Å². The zero-order valence-electron chi connectivity index (χ0n) is 15.3. The third-order valence-electron chi connectivity index (χ3n) is 4.89. The summed E-state index contributed by atoms with van der Waals surface area (Å²) in [5.41, 5.74) is -0.622. The molecule has 2 atom stereocenters. The van der Waals surface area contributed by atoms with Gasteiger partial charge in [0.2, 0.25) is 15.8 Å². The molecule has 0 saturated carbocycles. The van der Waals surface area contributed by atoms with Gasteiger partial charge in [0.15, 0.2) is 28.2 Å². The van der Waals surface area contributed by atoms with Crippen molar-refractivity contribution in [3.63, 3.8) is 0 Å². The van der Waals surface area contributed by atoms with Crippen LogP contribution in [0.5, 0.6) is 0 Å². The van der Waals surface area contributed by atoms with Crippen LogP contribution >= 0.6 is 0 Å². The lowest BCUT2D eigenvalue weighted by Crippen LogP contribution is -2.50. The quantitative estimate of drug-likeness (QED) is 0.403. The van der Waals surface area contributed by atoms with Crippen molar-refractivity contribution < 1.29 is 43.5 Å². The fraction of sp³-hybridized carbons (Fsp3) is 0.333. The summed E-state index contributed by atoms with van der Waals surface area (Å²) in [5, 5.41) is 2.80. The van der Waals surface area contributed by atoms with E-state index in [-0.39, 0.29) is 13.0 Å². The highest BCUT2D eigenvalue weighted by molar-refractivity contribution is 7.89. The largest absolute Gasteiger partial charge is 0.416 e. The summed E-state index contributed by atoms with van der Waals surface area (Å²) in [7, 11) is -5.22. The highest BCUT2D eigenvalue weighted by Crippen LogP contribution is 2.33. The van der Waals surface area contributed by atoms with Gasteiger partial charge in [-0.1, -0.05) is 12.1 Å². The molecular weight excluding hydrogens is 460 g/mol. The number of nitrogens with one attached hydrogen (secondary N) is 2. The van der Waals surface area contributed by atoms with Gasteiger partial charge in [-0.25, -0.2) is 35.1 Å². The van der Waals surface area contributed by atoms with Crippen LogP contribution in [-0.4, -0.2) is 27.5 Å². The molecule has 1 aliphatic rings. The van der Waals surface area contributed by atoms with Gasteiger partial charge in [0.1, 0.15) is 0 Å². The topological polar surface area (TPSA) is 58.2 Å². The molecule has 31 heavy (non-hydrogen) atoms. The van der Waals surface area contributed by atoms with Crippen LogP contribution in [0.2, 0.25) is 0 Å². The second-order valence-electron chi connectivity index (χ2n) is 6.85. The van der Waals surface area contributed by atoms with E-state index in [9.17, 15) is 43.5 Å². The number of benzene rings is 2. The predicted molar refractivity (Wildman–Crippen MR) is 92.0 cm³/mol. The molecule has 1 aliphatic heterocycles. The summed E-state index contributed by atoms with van der Waals surface area (Å²) >= 11 is 0. The molecule has 0 spiro atoms. The van der Waals surface area contributed by atoms with Crippen molar-refractivity contribution in [1.29, 1.82) is 0 Å². The van der Waals surface area contributed by atoms with Crippen molar-refractivity contribution in [3.8, 4) is 0 Å². The lowest BCUT2D eigenvalue weighted by atomic mass is 9.86. The normalized spacial score (nSPS) is 20.1. The zero-order chi connectivity index (χ0) is 23.1. The number of piperidine rings is 1. The molecule has 0 aliphatic carbocycles. The SMILES string of the molecule is O=S(=O)(N[C@@H]1CNCC[C@@H]1c1ccc(C(F)(F)F)cc1)c1c(F)c(F)c(F)c(F)c1F. The van der Waals surface area contributed by atoms with Gasteiger partial charge in [-0.2, -0.15) is 13.2 Å². The van der Waals surface area contributed by atoms with Crippen LogP contribution in [0.25, 0.3) is 0 Å². The highest BCUT2D eigenvalue weighted by Gasteiger charge is 2.37. The Balaban J connectivity index is 1.95. The van der Waals surface area contributed by atoms with Gasteiger partial charge in [-0.05, 0) is 30.7 Å². The summed E-state index contributed by atoms with van der Waals surface area (Å²) in [4.78, 5) is -2.03. The fourth-order valence-electron chi connectivity index (χ4n) is 3.38. The highest BCUT2D eigenvalue weighted by atomic mass is 32.2. The van der Waals surface area contributed by atoms with Gasteiger partial charge in [-0.15, -0.1) is 0 Å². The Morgan fingerprint density at radius 2 is 1.39 bits per heavy atom. The van der Waals surface area contributed by atoms with E-state index in [1.807, 2.05) is 4.72 Å². The second kappa shape index (κ2) is 8.36. The Bertz CT molecular complexity index is 1060. The number of sulfonamides is 1. The van der Waals surface area contributed by atoms with E-state index in [0.29, 0.717) is 12.1 Å². The van der Waals surface area contributed by atoms with Crippen molar-refractivity contribution in [2.75, 3.05) is 13.1 Å². The molecule has 2 N–H and O–H groups in total. The lowest BCUT2D eigenvalue weighted by Gasteiger charge is -2.33. The number of hydrogen-bond donors (Lipinski definition) is 2. The summed E-state index contributed by atoms with van der Waals surface area (Å²) in [6.45, 7) is 0.257. The second-order valence-corrected chi connectivity index (χ2v) is 8.50. The first-order valence-electron chi connectivity index (χ1n) is 8.76. The number of rotatable bonds is 4. The van der Waals surface area contributed by atoms with Crippen LogP contribution in [0.4, 0.5) is 35.1 Å². The van der Waals surface area contributed by atoms with Gasteiger partial charge in [0.25, 0.3) is 0 Å². The Morgan fingerprint density at radius 1 is 0.871 bits per heavy atom. The van der Waals surface area contributed by atoms with E-state index < -0.39 is 67.7 Å². The summed E-state index contributed by atoms with van der Waals surface area (Å²) in [6, 6.07) is 2.74. The summed E-state index contributed by atoms with van der Waals surface area (Å²) in [5.74, 6) is -13.1. The maximum absolute atomic E-state index is 14.0. The maximum Gasteiger partial charge on any atom is 0.416 e. The predicted octanol–water partition coefficient (Wildman–Crippen LogP) is 3.82. The molecule has 1 heterocycles. The molecule has 170 valence electrons. The van der Waals surface area contributed by atoms with Gasteiger partial charge < -0.3 is 5.32 Å². The van der Waals surface area contributed by atoms with E-state index in [1.165, 1.54) is 0 Å². The molecule has 2 aromatic rings. The first-order chi connectivity index (χ1) is 14.3. The molecule has 1 saturated heterocycles. The van der Waals surface area contributed by atoms with Crippen LogP contribution in [-0.2, 0) is 16.2 Å². The van der Waals surface area contributed by atoms with E-state index in [1.54, 1.807) is 0 Å². The number of hydrogen-bond acceptors (Lipinski definition) is 3. The molecule has 4 nitrogen and oxygen atoms in total. The van der Waals surface area contributed by atoms with Crippen LogP contribution < -0.4 is 10.0 Å². The van der Waals surface area contributed by atoms with Crippen molar-refractivity contribution in [2.45, 2.75) is 29.5 Å². The third kappa shape index (κ3) is 4.53. The molecule has 0 unspecified atom stereocenters. The molecule has 1 fully saturated rings. The smallest absolute Gasteiger partial charge is 0.315 e. The average molecular weight is 474 g/mol. The first-order valence-corrected chi connectivity index (χ1v) is 10.2. The molecule has 0 amide bonds. The van der Waals surface area contributed by atoms with Gasteiger partial charge in [-0.3, -0.25) is 0 Å². The summed E-state index contributed by atoms with van der Waals surface area (Å²) < 4.78 is 133. The van der Waals surface area contributed by atoms with E-state index in [0.717, 1.165) is 24.3 Å². The maximum atomic E-state index is 14.0. The molecule has 0 bridgehead atoms. The monoisotopic (exact) mass is 474 g/mol. The van der Waals surface area contributed by atoms with Gasteiger partial charge in [0.05, 0.1) is 5.56 Å². The van der Waals surface area contributed by atoms with E-state index in [4.69, 9.17) is 0 Å². The Hall–Kier alpha value is -2.25. The minimum atomic E-state index is -5.22. The zero-order valence-corrected chi connectivity index (χ0v) is 16.2. The lowest BCUT2D eigenvalue weighted by molar-refractivity contribution is -0.137. The fourth-order valence-corrected chi connectivity index (χ4v) is 4.79. The number of halogens is 8. The third-order valence-corrected chi connectivity index (χ3v) is 6.40. The average Bonchev–Trinajstić information content (AvgIpc) is 2.70. The molecule has 2 aromatic carbocycles. The number of alkyl halides is 3. The van der Waals surface area contributed by atoms with Crippen LogP contribution in [0.3, 0.4) is 0 Å². The molecular formula is C18H14F8N2O2S. The van der Waals surface area contributed by atoms with Crippen molar-refractivity contribution in [1.82, 2.24) is 10.0 Å². The van der Waals surface area contributed by atoms with Gasteiger partial charge >= 0.3 is 6.18 Å². The van der Waals surface area contributed by atoms with Crippen molar-refractivity contribution in [3.05, 3.63) is 64.5 Å². The minimum Gasteiger partial charge on any atom is -0.315 e. The van der Waals surface area contributed by atoms with Crippen molar-refractivity contribution in [2.24, 2.45) is 0 Å². The van der Waals surface area contributed by atoms with Gasteiger partial charge in [0, 0.05) is 18.5 Å². The molecule has 0 aromatic heterocycles. The minimum absolute atomic E-state index is 0.0969. The van der Waals surface area contributed by atoms with Crippen LogP contribution in [0.15, 0.2) is 29.2 Å². The van der Waals surface area contributed by atoms with E-state index >= 15 is 0 Å². The Morgan fingerprint density at radius 3 is 1.90 bits per heavy atom. The van der Waals surface area contributed by atoms with Crippen LogP contribution in [0, 0.1) is 29.1 Å². The summed E-state index contributed by atoms with van der Waals surface area (Å²) in [6.07, 6.45) is -4.35. The Labute approximate surface area is 171 Å². The van der Waals surface area contributed by atoms with Crippen LogP contribution in [0.1, 0.15) is 23.5 Å². The standard InChI is InChI=1S/C18H14F8N2O2S/c19-12-13(20)15(22)17(16(23)14(12)21)31(29,30)28-11-7-27-6-5-10(11)8-1-3-9(4-2-8)18(24,25)26/h1-4,10-11,27-28H,5-7H2/t10-,11-/m1/s1. The molecule has 3 rings (SSSR count). The van der Waals surface area contributed by atoms with E-state index in [2.05, 4.69) is 5.32 Å². The first kappa shape index (κ1) is 23.4. The molecule has 0 radical (unpaired) electrons. The Kier molecular flexibility index (Phi) is 6.31. The molecule has 13 heteroatoms.